The first-order valence-corrected chi connectivity index (χ1v) is 9.59. The minimum absolute atomic E-state index is 0.0000609. The van der Waals surface area contributed by atoms with Crippen LogP contribution in [0.5, 0.6) is 0 Å². The summed E-state index contributed by atoms with van der Waals surface area (Å²) in [6.45, 7) is 0. The van der Waals surface area contributed by atoms with Gasteiger partial charge in [-0.3, -0.25) is 4.90 Å². The van der Waals surface area contributed by atoms with Gasteiger partial charge in [0.15, 0.2) is 0 Å². The molecule has 2 N–H and O–H groups in total. The SMILES string of the molecule is N#Cc1ccc([C@H]2NC(=O)N(c3cccc(C(F)(F)F)c3)C(CBr)=C2C(=O)O)cc1. The van der Waals surface area contributed by atoms with Crippen molar-refractivity contribution in [2.24, 2.45) is 0 Å². The number of carbonyl (C=O) groups excluding carboxylic acids is 1. The lowest BCUT2D eigenvalue weighted by molar-refractivity contribution is -0.137. The molecule has 1 aliphatic heterocycles. The van der Waals surface area contributed by atoms with E-state index in [9.17, 15) is 27.9 Å². The second-order valence-corrected chi connectivity index (χ2v) is 6.86. The number of nitriles is 1. The van der Waals surface area contributed by atoms with Crippen molar-refractivity contribution in [3.63, 3.8) is 0 Å². The van der Waals surface area contributed by atoms with E-state index in [1.165, 1.54) is 30.3 Å². The third-order valence-electron chi connectivity index (χ3n) is 4.50. The Morgan fingerprint density at radius 2 is 1.90 bits per heavy atom. The van der Waals surface area contributed by atoms with E-state index in [1.807, 2.05) is 6.07 Å². The van der Waals surface area contributed by atoms with Crippen molar-refractivity contribution in [2.75, 3.05) is 10.2 Å². The van der Waals surface area contributed by atoms with E-state index in [0.717, 1.165) is 23.1 Å². The molecular weight excluding hydrogens is 467 g/mol. The summed E-state index contributed by atoms with van der Waals surface area (Å²) in [5.74, 6) is -1.34. The van der Waals surface area contributed by atoms with E-state index >= 15 is 0 Å². The number of allylic oxidation sites excluding steroid dienone is 1. The van der Waals surface area contributed by atoms with Gasteiger partial charge < -0.3 is 10.4 Å². The summed E-state index contributed by atoms with van der Waals surface area (Å²) in [6.07, 6.45) is -4.62. The number of nitrogens with zero attached hydrogens (tertiary/aromatic N) is 2. The molecule has 1 atom stereocenters. The molecule has 0 aliphatic carbocycles. The highest BCUT2D eigenvalue weighted by molar-refractivity contribution is 9.09. The number of urea groups is 1. The number of carboxylic acid groups (broad SMARTS) is 1. The maximum Gasteiger partial charge on any atom is 0.416 e. The summed E-state index contributed by atoms with van der Waals surface area (Å²) < 4.78 is 39.3. The molecule has 10 heteroatoms. The predicted octanol–water partition coefficient (Wildman–Crippen LogP) is 4.58. The average molecular weight is 480 g/mol. The smallest absolute Gasteiger partial charge is 0.416 e. The number of hydrogen-bond acceptors (Lipinski definition) is 3. The fourth-order valence-electron chi connectivity index (χ4n) is 3.14. The quantitative estimate of drug-likeness (QED) is 0.627. The summed E-state index contributed by atoms with van der Waals surface area (Å²) in [6, 6.07) is 10.2. The highest BCUT2D eigenvalue weighted by Gasteiger charge is 2.39. The molecule has 1 heterocycles. The molecule has 0 radical (unpaired) electrons. The molecule has 0 fully saturated rings. The third-order valence-corrected chi connectivity index (χ3v) is 5.03. The van der Waals surface area contributed by atoms with E-state index in [1.54, 1.807) is 0 Å². The molecule has 1 aliphatic rings. The first-order chi connectivity index (χ1) is 14.2. The second kappa shape index (κ2) is 8.20. The number of anilines is 1. The number of amides is 2. The number of benzene rings is 2. The molecule has 0 unspecified atom stereocenters. The van der Waals surface area contributed by atoms with Gasteiger partial charge in [-0.15, -0.1) is 0 Å². The van der Waals surface area contributed by atoms with Crippen LogP contribution in [-0.4, -0.2) is 22.4 Å². The molecule has 3 rings (SSSR count). The van der Waals surface area contributed by atoms with Gasteiger partial charge in [-0.1, -0.05) is 34.1 Å². The van der Waals surface area contributed by atoms with E-state index in [0.29, 0.717) is 11.1 Å². The Hall–Kier alpha value is -3.32. The Labute approximate surface area is 177 Å². The molecule has 154 valence electrons. The van der Waals surface area contributed by atoms with Crippen LogP contribution in [-0.2, 0) is 11.0 Å². The lowest BCUT2D eigenvalue weighted by Gasteiger charge is -2.35. The molecule has 2 aromatic rings. The van der Waals surface area contributed by atoms with Crippen molar-refractivity contribution < 1.29 is 27.9 Å². The number of hydrogen-bond donors (Lipinski definition) is 2. The van der Waals surface area contributed by atoms with E-state index in [4.69, 9.17) is 5.26 Å². The molecule has 0 aromatic heterocycles. The number of aliphatic carboxylic acids is 1. The standard InChI is InChI=1S/C20H13BrF3N3O3/c21-9-15-16(18(28)29)17(12-6-4-11(10-25)5-7-12)26-19(30)27(15)14-3-1-2-13(8-14)20(22,23)24/h1-8,17H,9H2,(H,26,30)(H,28,29)/t17-/m1/s1. The zero-order chi connectivity index (χ0) is 22.1. The Bertz CT molecular complexity index is 1080. The van der Waals surface area contributed by atoms with Gasteiger partial charge in [0, 0.05) is 5.33 Å². The maximum atomic E-state index is 13.1. The molecule has 0 saturated heterocycles. The van der Waals surface area contributed by atoms with Gasteiger partial charge in [0.25, 0.3) is 0 Å². The summed E-state index contributed by atoms with van der Waals surface area (Å²) in [4.78, 5) is 25.8. The zero-order valence-corrected chi connectivity index (χ0v) is 16.7. The fourth-order valence-corrected chi connectivity index (χ4v) is 3.70. The lowest BCUT2D eigenvalue weighted by Crippen LogP contribution is -2.49. The molecule has 0 saturated carbocycles. The Kier molecular flexibility index (Phi) is 5.85. The summed E-state index contributed by atoms with van der Waals surface area (Å²) in [5, 5.41) is 21.2. The number of nitrogens with one attached hydrogen (secondary N) is 1. The number of halogens is 4. The summed E-state index contributed by atoms with van der Waals surface area (Å²) >= 11 is 3.16. The van der Waals surface area contributed by atoms with E-state index in [2.05, 4.69) is 21.2 Å². The van der Waals surface area contributed by atoms with E-state index < -0.39 is 29.8 Å². The maximum absolute atomic E-state index is 13.1. The molecular formula is C20H13BrF3N3O3. The highest BCUT2D eigenvalue weighted by atomic mass is 79.9. The fraction of sp³-hybridized carbons (Fsp3) is 0.150. The summed E-state index contributed by atoms with van der Waals surface area (Å²) in [7, 11) is 0. The minimum Gasteiger partial charge on any atom is -0.478 e. The monoisotopic (exact) mass is 479 g/mol. The van der Waals surface area contributed by atoms with Crippen LogP contribution in [0.3, 0.4) is 0 Å². The summed E-state index contributed by atoms with van der Waals surface area (Å²) in [5.41, 5.74) is -0.509. The van der Waals surface area contributed by atoms with Crippen LogP contribution in [0, 0.1) is 11.3 Å². The van der Waals surface area contributed by atoms with Crippen LogP contribution >= 0.6 is 15.9 Å². The van der Waals surface area contributed by atoms with Gasteiger partial charge in [0.1, 0.15) is 0 Å². The molecule has 0 spiro atoms. The Balaban J connectivity index is 2.15. The van der Waals surface area contributed by atoms with Crippen molar-refractivity contribution in [1.29, 1.82) is 5.26 Å². The molecule has 2 aromatic carbocycles. The first-order valence-electron chi connectivity index (χ1n) is 8.47. The van der Waals surface area contributed by atoms with Gasteiger partial charge in [-0.25, -0.2) is 9.59 Å². The van der Waals surface area contributed by atoms with Crippen LogP contribution < -0.4 is 10.2 Å². The number of rotatable bonds is 4. The van der Waals surface area contributed by atoms with Gasteiger partial charge in [0.2, 0.25) is 0 Å². The van der Waals surface area contributed by atoms with Crippen molar-refractivity contribution in [3.05, 3.63) is 76.5 Å². The van der Waals surface area contributed by atoms with Crippen molar-refractivity contribution in [1.82, 2.24) is 5.32 Å². The van der Waals surface area contributed by atoms with Gasteiger partial charge in [-0.2, -0.15) is 18.4 Å². The topological polar surface area (TPSA) is 93.4 Å². The number of carboxylic acids is 1. The molecule has 0 bridgehead atoms. The third kappa shape index (κ3) is 4.02. The number of alkyl halides is 4. The van der Waals surface area contributed by atoms with Crippen molar-refractivity contribution >= 4 is 33.6 Å². The Morgan fingerprint density at radius 3 is 2.43 bits per heavy atom. The molecule has 6 nitrogen and oxygen atoms in total. The van der Waals surface area contributed by atoms with E-state index in [-0.39, 0.29) is 22.3 Å². The average Bonchev–Trinajstić information content (AvgIpc) is 2.72. The van der Waals surface area contributed by atoms with Crippen LogP contribution in [0.15, 0.2) is 59.8 Å². The van der Waals surface area contributed by atoms with Crippen molar-refractivity contribution in [3.8, 4) is 6.07 Å². The number of carbonyl (C=O) groups is 2. The first kappa shape index (κ1) is 21.4. The van der Waals surface area contributed by atoms with Crippen LogP contribution in [0.25, 0.3) is 0 Å². The van der Waals surface area contributed by atoms with Crippen LogP contribution in [0.1, 0.15) is 22.7 Å². The molecule has 2 amide bonds. The highest BCUT2D eigenvalue weighted by Crippen LogP contribution is 2.37. The lowest BCUT2D eigenvalue weighted by atomic mass is 9.94. The Morgan fingerprint density at radius 1 is 1.23 bits per heavy atom. The van der Waals surface area contributed by atoms with Crippen molar-refractivity contribution in [2.45, 2.75) is 12.2 Å². The van der Waals surface area contributed by atoms with Crippen LogP contribution in [0.2, 0.25) is 0 Å². The van der Waals surface area contributed by atoms with Gasteiger partial charge in [-0.05, 0) is 35.9 Å². The van der Waals surface area contributed by atoms with Crippen LogP contribution in [0.4, 0.5) is 23.7 Å². The van der Waals surface area contributed by atoms with Gasteiger partial charge >= 0.3 is 18.2 Å². The zero-order valence-electron chi connectivity index (χ0n) is 15.1. The largest absolute Gasteiger partial charge is 0.478 e. The molecule has 30 heavy (non-hydrogen) atoms. The van der Waals surface area contributed by atoms with Gasteiger partial charge in [0.05, 0.1) is 40.2 Å². The predicted molar refractivity (Wildman–Crippen MR) is 105 cm³/mol. The normalized spacial score (nSPS) is 16.8. The second-order valence-electron chi connectivity index (χ2n) is 6.30. The minimum atomic E-state index is -4.62.